The van der Waals surface area contributed by atoms with E-state index >= 15 is 0 Å². The summed E-state index contributed by atoms with van der Waals surface area (Å²) in [5.74, 6) is 0.912. The molecule has 0 aromatic rings. The van der Waals surface area contributed by atoms with Crippen LogP contribution in [0.15, 0.2) is 0 Å². The summed E-state index contributed by atoms with van der Waals surface area (Å²) in [4.78, 5) is 5.19. The third-order valence-corrected chi connectivity index (χ3v) is 3.80. The van der Waals surface area contributed by atoms with Gasteiger partial charge >= 0.3 is 0 Å². The van der Waals surface area contributed by atoms with Crippen molar-refractivity contribution in [1.82, 2.24) is 9.80 Å². The summed E-state index contributed by atoms with van der Waals surface area (Å²) in [6, 6.07) is 0. The van der Waals surface area contributed by atoms with Gasteiger partial charge in [0.2, 0.25) is 0 Å². The molecule has 0 aromatic carbocycles. The fourth-order valence-corrected chi connectivity index (χ4v) is 2.39. The molecule has 0 bridgehead atoms. The molecule has 2 aliphatic heterocycles. The van der Waals surface area contributed by atoms with Gasteiger partial charge in [0, 0.05) is 13.1 Å². The molecule has 2 rings (SSSR count). The highest BCUT2D eigenvalue weighted by Crippen LogP contribution is 2.19. The van der Waals surface area contributed by atoms with Crippen molar-refractivity contribution in [2.75, 3.05) is 39.3 Å². The van der Waals surface area contributed by atoms with Crippen LogP contribution in [-0.4, -0.2) is 49.1 Å². The molecule has 0 N–H and O–H groups in total. The minimum Gasteiger partial charge on any atom is -0.302 e. The van der Waals surface area contributed by atoms with Crippen molar-refractivity contribution in [3.8, 4) is 0 Å². The molecule has 0 aliphatic carbocycles. The zero-order valence-corrected chi connectivity index (χ0v) is 9.25. The van der Waals surface area contributed by atoms with Gasteiger partial charge in [0.05, 0.1) is 0 Å². The Bertz CT molecular complexity index is 158. The number of hydrogen-bond acceptors (Lipinski definition) is 2. The third kappa shape index (κ3) is 2.71. The van der Waals surface area contributed by atoms with E-state index < -0.39 is 0 Å². The van der Waals surface area contributed by atoms with Gasteiger partial charge in [-0.25, -0.2) is 0 Å². The van der Waals surface area contributed by atoms with Gasteiger partial charge in [-0.05, 0) is 51.4 Å². The van der Waals surface area contributed by atoms with Crippen molar-refractivity contribution < 1.29 is 0 Å². The molecule has 0 atom stereocenters. The highest BCUT2D eigenvalue weighted by atomic mass is 15.2. The summed E-state index contributed by atoms with van der Waals surface area (Å²) in [7, 11) is 0. The van der Waals surface area contributed by atoms with Gasteiger partial charge in [0.1, 0.15) is 0 Å². The van der Waals surface area contributed by atoms with E-state index in [1.54, 1.807) is 0 Å². The van der Waals surface area contributed by atoms with Crippen molar-refractivity contribution in [1.29, 1.82) is 0 Å². The fourth-order valence-electron chi connectivity index (χ4n) is 2.39. The van der Waals surface area contributed by atoms with Crippen molar-refractivity contribution in [2.24, 2.45) is 5.92 Å². The average Bonchev–Trinajstić information content (AvgIpc) is 2.16. The lowest BCUT2D eigenvalue weighted by atomic mass is 9.94. The first-order valence-electron chi connectivity index (χ1n) is 6.12. The lowest BCUT2D eigenvalue weighted by Crippen LogP contribution is -2.44. The van der Waals surface area contributed by atoms with E-state index in [0.29, 0.717) is 0 Å². The Hall–Kier alpha value is -0.0800. The number of nitrogens with zero attached hydrogens (tertiary/aromatic N) is 2. The van der Waals surface area contributed by atoms with Gasteiger partial charge in [-0.3, -0.25) is 0 Å². The lowest BCUT2D eigenvalue weighted by Gasteiger charge is -2.36. The average molecular weight is 195 g/mol. The molecule has 2 heterocycles. The predicted octanol–water partition coefficient (Wildman–Crippen LogP) is 1.63. The molecule has 0 spiro atoms. The summed E-state index contributed by atoms with van der Waals surface area (Å²) in [5, 5.41) is 0. The summed E-state index contributed by atoms with van der Waals surface area (Å²) < 4.78 is 0. The zero-order chi connectivity index (χ0) is 9.80. The molecule has 2 aliphatic rings. The summed E-state index contributed by atoms with van der Waals surface area (Å²) in [6.45, 7) is 11.9. The standard InChI is InChI=1S/C12H23N2/c1-2-12-4-8-14(9-5-12)11-10-13-6-3-7-13/h12H,1-11H2. The van der Waals surface area contributed by atoms with E-state index in [4.69, 9.17) is 0 Å². The molecule has 2 nitrogen and oxygen atoms in total. The Morgan fingerprint density at radius 1 is 0.929 bits per heavy atom. The van der Waals surface area contributed by atoms with E-state index in [1.165, 1.54) is 58.5 Å². The highest BCUT2D eigenvalue weighted by Gasteiger charge is 2.19. The molecule has 14 heavy (non-hydrogen) atoms. The second-order valence-electron chi connectivity index (χ2n) is 4.77. The fraction of sp³-hybridized carbons (Fsp3) is 0.917. The van der Waals surface area contributed by atoms with Gasteiger partial charge in [0.25, 0.3) is 0 Å². The van der Waals surface area contributed by atoms with E-state index in [2.05, 4.69) is 16.7 Å². The van der Waals surface area contributed by atoms with Crippen LogP contribution in [0.5, 0.6) is 0 Å². The summed E-state index contributed by atoms with van der Waals surface area (Å²) >= 11 is 0. The molecule has 81 valence electrons. The molecule has 2 fully saturated rings. The van der Waals surface area contributed by atoms with Crippen LogP contribution >= 0.6 is 0 Å². The number of hydrogen-bond donors (Lipinski definition) is 0. The molecular formula is C12H23N2. The SMILES string of the molecule is [CH2]CC1CCN(CCN2CCC2)CC1. The van der Waals surface area contributed by atoms with Gasteiger partial charge in [0.15, 0.2) is 0 Å². The molecule has 2 saturated heterocycles. The van der Waals surface area contributed by atoms with E-state index in [9.17, 15) is 0 Å². The van der Waals surface area contributed by atoms with Crippen molar-refractivity contribution in [3.05, 3.63) is 6.92 Å². The van der Waals surface area contributed by atoms with E-state index in [-0.39, 0.29) is 0 Å². The largest absolute Gasteiger partial charge is 0.302 e. The van der Waals surface area contributed by atoms with E-state index in [1.807, 2.05) is 0 Å². The minimum atomic E-state index is 0.912. The Labute approximate surface area is 88.3 Å². The van der Waals surface area contributed by atoms with Crippen LogP contribution in [0.3, 0.4) is 0 Å². The third-order valence-electron chi connectivity index (χ3n) is 3.80. The second kappa shape index (κ2) is 5.13. The quantitative estimate of drug-likeness (QED) is 0.673. The van der Waals surface area contributed by atoms with Gasteiger partial charge in [-0.1, -0.05) is 13.3 Å². The minimum absolute atomic E-state index is 0.912. The van der Waals surface area contributed by atoms with Gasteiger partial charge in [-0.15, -0.1) is 0 Å². The Balaban J connectivity index is 1.58. The Kier molecular flexibility index (Phi) is 3.82. The maximum atomic E-state index is 4.00. The smallest absolute Gasteiger partial charge is 0.0109 e. The van der Waals surface area contributed by atoms with Crippen LogP contribution in [0.4, 0.5) is 0 Å². The lowest BCUT2D eigenvalue weighted by molar-refractivity contribution is 0.125. The van der Waals surface area contributed by atoms with Crippen LogP contribution in [0, 0.1) is 12.8 Å². The molecule has 0 aromatic heterocycles. The maximum Gasteiger partial charge on any atom is 0.0109 e. The molecule has 0 unspecified atom stereocenters. The van der Waals surface area contributed by atoms with Crippen LogP contribution in [-0.2, 0) is 0 Å². The molecule has 1 radical (unpaired) electrons. The number of piperidine rings is 1. The van der Waals surface area contributed by atoms with Gasteiger partial charge in [-0.2, -0.15) is 0 Å². The number of rotatable bonds is 4. The van der Waals surface area contributed by atoms with Crippen LogP contribution in [0.2, 0.25) is 0 Å². The zero-order valence-electron chi connectivity index (χ0n) is 9.25. The first-order chi connectivity index (χ1) is 6.88. The van der Waals surface area contributed by atoms with Crippen molar-refractivity contribution in [2.45, 2.75) is 25.7 Å². The van der Waals surface area contributed by atoms with Crippen molar-refractivity contribution >= 4 is 0 Å². The normalized spacial score (nSPS) is 26.4. The molecular weight excluding hydrogens is 172 g/mol. The second-order valence-corrected chi connectivity index (χ2v) is 4.77. The first kappa shape index (κ1) is 10.4. The van der Waals surface area contributed by atoms with Gasteiger partial charge < -0.3 is 9.80 Å². The molecule has 0 saturated carbocycles. The summed E-state index contributed by atoms with van der Waals surface area (Å²) in [5.41, 5.74) is 0. The van der Waals surface area contributed by atoms with Crippen molar-refractivity contribution in [3.63, 3.8) is 0 Å². The van der Waals surface area contributed by atoms with Crippen LogP contribution < -0.4 is 0 Å². The number of likely N-dealkylation sites (tertiary alicyclic amines) is 2. The topological polar surface area (TPSA) is 6.48 Å². The van der Waals surface area contributed by atoms with Crippen LogP contribution in [0.25, 0.3) is 0 Å². The van der Waals surface area contributed by atoms with E-state index in [0.717, 1.165) is 12.3 Å². The first-order valence-corrected chi connectivity index (χ1v) is 6.12. The Morgan fingerprint density at radius 3 is 1.93 bits per heavy atom. The maximum absolute atomic E-state index is 4.00. The monoisotopic (exact) mass is 195 g/mol. The molecule has 2 heteroatoms. The predicted molar refractivity (Wildman–Crippen MR) is 60.2 cm³/mol. The Morgan fingerprint density at radius 2 is 1.50 bits per heavy atom. The molecule has 0 amide bonds. The highest BCUT2D eigenvalue weighted by molar-refractivity contribution is 4.75. The van der Waals surface area contributed by atoms with Crippen LogP contribution in [0.1, 0.15) is 25.7 Å². The summed E-state index contributed by atoms with van der Waals surface area (Å²) in [6.07, 6.45) is 5.32.